The average molecular weight is 413 g/mol. The Morgan fingerprint density at radius 1 is 1.07 bits per heavy atom. The molecule has 1 aromatic rings. The van der Waals surface area contributed by atoms with Crippen molar-refractivity contribution in [3.63, 3.8) is 0 Å². The lowest BCUT2D eigenvalue weighted by Crippen LogP contribution is -2.45. The van der Waals surface area contributed by atoms with Gasteiger partial charge in [-0.05, 0) is 39.0 Å². The zero-order valence-electron chi connectivity index (χ0n) is 17.0. The molecule has 0 saturated carbocycles. The summed E-state index contributed by atoms with van der Waals surface area (Å²) in [5.74, 6) is 0.490. The second-order valence-corrected chi connectivity index (χ2v) is 7.76. The van der Waals surface area contributed by atoms with Crippen molar-refractivity contribution >= 4 is 29.6 Å². The maximum atomic E-state index is 12.4. The van der Waals surface area contributed by atoms with Crippen molar-refractivity contribution in [1.82, 2.24) is 5.32 Å². The highest BCUT2D eigenvalue weighted by Gasteiger charge is 2.25. The standard InChI is InChI=1S/C19H27NO7S/c1-19(2,3)27-18(23)20-13(17(22)26-6)10-28-11-14(21)12-7-8-15(24-4)16(9-12)25-5/h7-9,13H,10-11H2,1-6H3,(H,20,23). The molecule has 0 heterocycles. The number of ketones is 1. The van der Waals surface area contributed by atoms with Crippen molar-refractivity contribution in [1.29, 1.82) is 0 Å². The van der Waals surface area contributed by atoms with E-state index in [9.17, 15) is 14.4 Å². The van der Waals surface area contributed by atoms with Gasteiger partial charge < -0.3 is 24.3 Å². The van der Waals surface area contributed by atoms with Crippen molar-refractivity contribution in [3.8, 4) is 11.5 Å². The number of esters is 1. The molecule has 0 aliphatic heterocycles. The number of hydrogen-bond acceptors (Lipinski definition) is 8. The lowest BCUT2D eigenvalue weighted by molar-refractivity contribution is -0.142. The Labute approximate surface area is 169 Å². The van der Waals surface area contributed by atoms with Crippen molar-refractivity contribution in [3.05, 3.63) is 23.8 Å². The molecule has 1 N–H and O–H groups in total. The summed E-state index contributed by atoms with van der Waals surface area (Å²) in [6.07, 6.45) is -0.727. The lowest BCUT2D eigenvalue weighted by atomic mass is 10.1. The Balaban J connectivity index is 2.67. The number of carbonyl (C=O) groups is 3. The van der Waals surface area contributed by atoms with Crippen LogP contribution in [0.3, 0.4) is 0 Å². The maximum Gasteiger partial charge on any atom is 0.408 e. The highest BCUT2D eigenvalue weighted by molar-refractivity contribution is 8.00. The molecule has 156 valence electrons. The fourth-order valence-electron chi connectivity index (χ4n) is 2.12. The van der Waals surface area contributed by atoms with Gasteiger partial charge in [0.2, 0.25) is 0 Å². The van der Waals surface area contributed by atoms with Crippen LogP contribution in [0.15, 0.2) is 18.2 Å². The molecule has 8 nitrogen and oxygen atoms in total. The van der Waals surface area contributed by atoms with E-state index in [-0.39, 0.29) is 17.3 Å². The summed E-state index contributed by atoms with van der Waals surface area (Å²) in [5, 5.41) is 2.47. The molecular weight excluding hydrogens is 386 g/mol. The van der Waals surface area contributed by atoms with Crippen molar-refractivity contribution in [2.75, 3.05) is 32.8 Å². The summed E-state index contributed by atoms with van der Waals surface area (Å²) in [6.45, 7) is 5.16. The van der Waals surface area contributed by atoms with E-state index in [1.807, 2.05) is 0 Å². The molecule has 0 saturated heterocycles. The fourth-order valence-corrected chi connectivity index (χ4v) is 3.05. The van der Waals surface area contributed by atoms with E-state index >= 15 is 0 Å². The number of rotatable bonds is 9. The quantitative estimate of drug-likeness (QED) is 0.487. The molecule has 1 rings (SSSR count). The smallest absolute Gasteiger partial charge is 0.408 e. The second-order valence-electron chi connectivity index (χ2n) is 6.73. The summed E-state index contributed by atoms with van der Waals surface area (Å²) in [5.41, 5.74) is -0.235. The number of amides is 1. The third-order valence-corrected chi connectivity index (χ3v) is 4.44. The van der Waals surface area contributed by atoms with E-state index in [2.05, 4.69) is 5.32 Å². The minimum atomic E-state index is -0.928. The Morgan fingerprint density at radius 3 is 2.25 bits per heavy atom. The Bertz CT molecular complexity index is 700. The maximum absolute atomic E-state index is 12.4. The largest absolute Gasteiger partial charge is 0.493 e. The summed E-state index contributed by atoms with van der Waals surface area (Å²) < 4.78 is 20.2. The van der Waals surface area contributed by atoms with Gasteiger partial charge in [0.15, 0.2) is 17.3 Å². The first kappa shape index (κ1) is 23.6. The summed E-state index contributed by atoms with van der Waals surface area (Å²) in [6, 6.07) is 3.96. The van der Waals surface area contributed by atoms with Crippen LogP contribution in [0.25, 0.3) is 0 Å². The number of nitrogens with one attached hydrogen (secondary N) is 1. The number of carbonyl (C=O) groups excluding carboxylic acids is 3. The zero-order chi connectivity index (χ0) is 21.3. The first-order valence-electron chi connectivity index (χ1n) is 8.51. The van der Waals surface area contributed by atoms with E-state index < -0.39 is 23.7 Å². The van der Waals surface area contributed by atoms with E-state index in [4.69, 9.17) is 18.9 Å². The number of Topliss-reactive ketones (excluding diaryl/α,β-unsaturated/α-hetero) is 1. The number of ether oxygens (including phenoxy) is 4. The van der Waals surface area contributed by atoms with E-state index in [1.165, 1.54) is 33.1 Å². The molecule has 1 unspecified atom stereocenters. The van der Waals surface area contributed by atoms with Crippen LogP contribution in [0.2, 0.25) is 0 Å². The normalized spacial score (nSPS) is 11.9. The number of methoxy groups -OCH3 is 3. The van der Waals surface area contributed by atoms with Gasteiger partial charge in [-0.3, -0.25) is 4.79 Å². The van der Waals surface area contributed by atoms with Crippen LogP contribution in [0.4, 0.5) is 4.79 Å². The van der Waals surface area contributed by atoms with Gasteiger partial charge in [0, 0.05) is 11.3 Å². The number of hydrogen-bond donors (Lipinski definition) is 1. The molecule has 0 aliphatic rings. The monoisotopic (exact) mass is 413 g/mol. The lowest BCUT2D eigenvalue weighted by Gasteiger charge is -2.22. The van der Waals surface area contributed by atoms with Crippen LogP contribution < -0.4 is 14.8 Å². The minimum Gasteiger partial charge on any atom is -0.493 e. The van der Waals surface area contributed by atoms with Gasteiger partial charge in [-0.1, -0.05) is 0 Å². The van der Waals surface area contributed by atoms with E-state index in [1.54, 1.807) is 39.0 Å². The van der Waals surface area contributed by atoms with Crippen LogP contribution in [0, 0.1) is 0 Å². The molecular formula is C19H27NO7S. The average Bonchev–Trinajstić information content (AvgIpc) is 2.64. The highest BCUT2D eigenvalue weighted by Crippen LogP contribution is 2.28. The van der Waals surface area contributed by atoms with Gasteiger partial charge in [-0.15, -0.1) is 0 Å². The molecule has 1 amide bonds. The molecule has 1 atom stereocenters. The molecule has 0 aromatic heterocycles. The van der Waals surface area contributed by atoms with Gasteiger partial charge in [0.25, 0.3) is 0 Å². The molecule has 28 heavy (non-hydrogen) atoms. The molecule has 9 heteroatoms. The molecule has 0 aliphatic carbocycles. The second kappa shape index (κ2) is 10.8. The van der Waals surface area contributed by atoms with Crippen LogP contribution in [0.1, 0.15) is 31.1 Å². The topological polar surface area (TPSA) is 100 Å². The first-order valence-corrected chi connectivity index (χ1v) is 9.67. The van der Waals surface area contributed by atoms with Crippen LogP contribution >= 0.6 is 11.8 Å². The van der Waals surface area contributed by atoms with Gasteiger partial charge in [0.05, 0.1) is 27.1 Å². The van der Waals surface area contributed by atoms with Crippen molar-refractivity contribution in [2.45, 2.75) is 32.4 Å². The summed E-state index contributed by atoms with van der Waals surface area (Å²) >= 11 is 1.20. The van der Waals surface area contributed by atoms with E-state index in [0.29, 0.717) is 17.1 Å². The third-order valence-electron chi connectivity index (χ3n) is 3.40. The van der Waals surface area contributed by atoms with Crippen LogP contribution in [0.5, 0.6) is 11.5 Å². The molecule has 0 fully saturated rings. The SMILES string of the molecule is COC(=O)C(CSCC(=O)c1ccc(OC)c(OC)c1)NC(=O)OC(C)(C)C. The van der Waals surface area contributed by atoms with Crippen molar-refractivity contribution in [2.24, 2.45) is 0 Å². The minimum absolute atomic E-state index is 0.110. The van der Waals surface area contributed by atoms with Crippen molar-refractivity contribution < 1.29 is 33.3 Å². The summed E-state index contributed by atoms with van der Waals surface area (Å²) in [7, 11) is 4.23. The molecule has 0 radical (unpaired) electrons. The first-order chi connectivity index (χ1) is 13.1. The molecule has 0 bridgehead atoms. The van der Waals surface area contributed by atoms with Gasteiger partial charge in [-0.2, -0.15) is 11.8 Å². The van der Waals surface area contributed by atoms with Crippen LogP contribution in [-0.2, 0) is 14.3 Å². The molecule has 1 aromatic carbocycles. The predicted octanol–water partition coefficient (Wildman–Crippen LogP) is 2.69. The zero-order valence-corrected chi connectivity index (χ0v) is 17.8. The fraction of sp³-hybridized carbons (Fsp3) is 0.526. The van der Waals surface area contributed by atoms with Crippen LogP contribution in [-0.4, -0.2) is 62.3 Å². The number of alkyl carbamates (subject to hydrolysis) is 1. The Kier molecular flexibility index (Phi) is 9.11. The molecule has 0 spiro atoms. The number of thioether (sulfide) groups is 1. The van der Waals surface area contributed by atoms with Gasteiger partial charge in [-0.25, -0.2) is 9.59 Å². The van der Waals surface area contributed by atoms with Gasteiger partial charge >= 0.3 is 12.1 Å². The Morgan fingerprint density at radius 2 is 1.71 bits per heavy atom. The highest BCUT2D eigenvalue weighted by atomic mass is 32.2. The predicted molar refractivity (Wildman–Crippen MR) is 106 cm³/mol. The third kappa shape index (κ3) is 7.67. The van der Waals surface area contributed by atoms with Gasteiger partial charge in [0.1, 0.15) is 11.6 Å². The number of benzene rings is 1. The summed E-state index contributed by atoms with van der Waals surface area (Å²) in [4.78, 5) is 36.2. The van der Waals surface area contributed by atoms with E-state index in [0.717, 1.165) is 0 Å². The Hall–Kier alpha value is -2.42.